The molecule has 1 fully saturated rings. The van der Waals surface area contributed by atoms with Crippen LogP contribution in [0, 0.1) is 5.92 Å². The number of carbonyl (C=O) groups excluding carboxylic acids is 1. The molecule has 2 amide bonds. The van der Waals surface area contributed by atoms with Gasteiger partial charge in [-0.05, 0) is 49.9 Å². The molecular weight excluding hydrogens is 250 g/mol. The van der Waals surface area contributed by atoms with Crippen LogP contribution in [0.4, 0.5) is 10.5 Å². The van der Waals surface area contributed by atoms with Gasteiger partial charge in [-0.3, -0.25) is 4.90 Å². The van der Waals surface area contributed by atoms with E-state index in [-0.39, 0.29) is 6.03 Å². The summed E-state index contributed by atoms with van der Waals surface area (Å²) in [7, 11) is 1.88. The molecule has 3 rings (SSSR count). The topological polar surface area (TPSA) is 35.6 Å². The highest BCUT2D eigenvalue weighted by Gasteiger charge is 2.28. The van der Waals surface area contributed by atoms with Crippen LogP contribution >= 0.6 is 0 Å². The van der Waals surface area contributed by atoms with E-state index in [1.165, 1.54) is 18.4 Å². The lowest BCUT2D eigenvalue weighted by molar-refractivity contribution is 0.209. The first kappa shape index (κ1) is 13.4. The maximum Gasteiger partial charge on any atom is 0.324 e. The monoisotopic (exact) mass is 273 g/mol. The standard InChI is InChI=1S/C16H23N3O/c1-18-12-14-4-2-3-5-15(14)19(16(18)20)11-8-13-6-9-17-10-7-13/h2-5,13,17H,6-12H2,1H3. The Hall–Kier alpha value is -1.55. The Morgan fingerprint density at radius 2 is 2.00 bits per heavy atom. The number of amides is 2. The number of hydrogen-bond acceptors (Lipinski definition) is 2. The zero-order valence-corrected chi connectivity index (χ0v) is 12.1. The van der Waals surface area contributed by atoms with E-state index < -0.39 is 0 Å². The van der Waals surface area contributed by atoms with Crippen molar-refractivity contribution in [3.05, 3.63) is 29.8 Å². The minimum Gasteiger partial charge on any atom is -0.323 e. The Labute approximate surface area is 120 Å². The first-order valence-corrected chi connectivity index (χ1v) is 7.57. The van der Waals surface area contributed by atoms with Crippen molar-refractivity contribution in [2.24, 2.45) is 5.92 Å². The van der Waals surface area contributed by atoms with Gasteiger partial charge in [0.25, 0.3) is 0 Å². The molecule has 0 bridgehead atoms. The Balaban J connectivity index is 1.72. The van der Waals surface area contributed by atoms with Crippen LogP contribution in [0.25, 0.3) is 0 Å². The summed E-state index contributed by atoms with van der Waals surface area (Å²) in [4.78, 5) is 16.2. The van der Waals surface area contributed by atoms with Crippen LogP contribution in [0.3, 0.4) is 0 Å². The normalized spacial score (nSPS) is 20.1. The van der Waals surface area contributed by atoms with Crippen molar-refractivity contribution < 1.29 is 4.79 Å². The van der Waals surface area contributed by atoms with Crippen molar-refractivity contribution in [2.75, 3.05) is 31.6 Å². The summed E-state index contributed by atoms with van der Waals surface area (Å²) in [5, 5.41) is 3.40. The average molecular weight is 273 g/mol. The molecule has 4 nitrogen and oxygen atoms in total. The molecule has 4 heteroatoms. The molecule has 1 aromatic rings. The number of anilines is 1. The lowest BCUT2D eigenvalue weighted by atomic mass is 9.94. The number of nitrogens with zero attached hydrogens (tertiary/aromatic N) is 2. The summed E-state index contributed by atoms with van der Waals surface area (Å²) in [5.41, 5.74) is 2.35. The van der Waals surface area contributed by atoms with Gasteiger partial charge in [0.1, 0.15) is 0 Å². The molecule has 1 N–H and O–H groups in total. The maximum atomic E-state index is 12.4. The van der Waals surface area contributed by atoms with Gasteiger partial charge in [0.05, 0.1) is 5.69 Å². The Bertz CT molecular complexity index is 482. The summed E-state index contributed by atoms with van der Waals surface area (Å²) in [6.45, 7) is 3.80. The van der Waals surface area contributed by atoms with E-state index in [0.717, 1.165) is 44.2 Å². The molecular formula is C16H23N3O. The highest BCUT2D eigenvalue weighted by Crippen LogP contribution is 2.29. The summed E-state index contributed by atoms with van der Waals surface area (Å²) in [5.74, 6) is 0.753. The quantitative estimate of drug-likeness (QED) is 0.918. The van der Waals surface area contributed by atoms with Crippen molar-refractivity contribution in [3.8, 4) is 0 Å². The lowest BCUT2D eigenvalue weighted by Gasteiger charge is -2.36. The number of nitrogens with one attached hydrogen (secondary N) is 1. The highest BCUT2D eigenvalue weighted by atomic mass is 16.2. The number of benzene rings is 1. The lowest BCUT2D eigenvalue weighted by Crippen LogP contribution is -2.46. The molecule has 1 saturated heterocycles. The van der Waals surface area contributed by atoms with E-state index in [1.807, 2.05) is 29.0 Å². The van der Waals surface area contributed by atoms with Crippen LogP contribution in [0.1, 0.15) is 24.8 Å². The fourth-order valence-corrected chi connectivity index (χ4v) is 3.24. The summed E-state index contributed by atoms with van der Waals surface area (Å²) >= 11 is 0. The predicted molar refractivity (Wildman–Crippen MR) is 80.9 cm³/mol. The van der Waals surface area contributed by atoms with Crippen molar-refractivity contribution in [1.29, 1.82) is 0 Å². The highest BCUT2D eigenvalue weighted by molar-refractivity contribution is 5.94. The Kier molecular flexibility index (Phi) is 3.92. The molecule has 0 saturated carbocycles. The van der Waals surface area contributed by atoms with Gasteiger partial charge >= 0.3 is 6.03 Å². The summed E-state index contributed by atoms with van der Waals surface area (Å²) in [6.07, 6.45) is 3.58. The van der Waals surface area contributed by atoms with Crippen LogP contribution in [-0.2, 0) is 6.54 Å². The molecule has 2 aliphatic rings. The van der Waals surface area contributed by atoms with Crippen molar-refractivity contribution in [1.82, 2.24) is 10.2 Å². The number of carbonyl (C=O) groups is 1. The third kappa shape index (κ3) is 2.66. The Morgan fingerprint density at radius 3 is 2.80 bits per heavy atom. The van der Waals surface area contributed by atoms with Crippen molar-refractivity contribution in [3.63, 3.8) is 0 Å². The van der Waals surface area contributed by atoms with E-state index in [4.69, 9.17) is 0 Å². The Morgan fingerprint density at radius 1 is 1.25 bits per heavy atom. The SMILES string of the molecule is CN1Cc2ccccc2N(CCC2CCNCC2)C1=O. The predicted octanol–water partition coefficient (Wildman–Crippen LogP) is 2.45. The van der Waals surface area contributed by atoms with Gasteiger partial charge in [-0.1, -0.05) is 18.2 Å². The fourth-order valence-electron chi connectivity index (χ4n) is 3.24. The molecule has 0 spiro atoms. The second-order valence-electron chi connectivity index (χ2n) is 5.90. The minimum atomic E-state index is 0.137. The van der Waals surface area contributed by atoms with Gasteiger partial charge in [-0.25, -0.2) is 4.79 Å². The van der Waals surface area contributed by atoms with Crippen molar-refractivity contribution >= 4 is 11.7 Å². The maximum absolute atomic E-state index is 12.4. The summed E-state index contributed by atoms with van der Waals surface area (Å²) in [6, 6.07) is 8.40. The zero-order valence-electron chi connectivity index (χ0n) is 12.1. The second kappa shape index (κ2) is 5.83. The first-order chi connectivity index (χ1) is 9.75. The number of urea groups is 1. The number of rotatable bonds is 3. The van der Waals surface area contributed by atoms with Gasteiger partial charge in [-0.2, -0.15) is 0 Å². The molecule has 0 atom stereocenters. The van der Waals surface area contributed by atoms with Crippen LogP contribution < -0.4 is 10.2 Å². The van der Waals surface area contributed by atoms with Gasteiger partial charge in [0.2, 0.25) is 0 Å². The van der Waals surface area contributed by atoms with Gasteiger partial charge in [0.15, 0.2) is 0 Å². The van der Waals surface area contributed by atoms with Crippen LogP contribution in [0.2, 0.25) is 0 Å². The molecule has 1 aromatic carbocycles. The molecule has 0 radical (unpaired) electrons. The minimum absolute atomic E-state index is 0.137. The van der Waals surface area contributed by atoms with Crippen LogP contribution in [0.5, 0.6) is 0 Å². The third-order valence-corrected chi connectivity index (χ3v) is 4.47. The molecule has 108 valence electrons. The van der Waals surface area contributed by atoms with E-state index in [9.17, 15) is 4.79 Å². The molecule has 2 aliphatic heterocycles. The number of hydrogen-bond donors (Lipinski definition) is 1. The molecule has 20 heavy (non-hydrogen) atoms. The zero-order chi connectivity index (χ0) is 13.9. The number of piperidine rings is 1. The molecule has 0 aromatic heterocycles. The number of fused-ring (bicyclic) bond motifs is 1. The van der Waals surface area contributed by atoms with Gasteiger partial charge in [-0.15, -0.1) is 0 Å². The van der Waals surface area contributed by atoms with E-state index in [0.29, 0.717) is 0 Å². The summed E-state index contributed by atoms with van der Waals surface area (Å²) < 4.78 is 0. The molecule has 2 heterocycles. The van der Waals surface area contributed by atoms with E-state index in [1.54, 1.807) is 0 Å². The average Bonchev–Trinajstić information content (AvgIpc) is 2.49. The van der Waals surface area contributed by atoms with E-state index in [2.05, 4.69) is 17.4 Å². The fraction of sp³-hybridized carbons (Fsp3) is 0.562. The van der Waals surface area contributed by atoms with Crippen molar-refractivity contribution in [2.45, 2.75) is 25.8 Å². The van der Waals surface area contributed by atoms with Crippen LogP contribution in [0.15, 0.2) is 24.3 Å². The second-order valence-corrected chi connectivity index (χ2v) is 5.90. The van der Waals surface area contributed by atoms with Crippen LogP contribution in [-0.4, -0.2) is 37.6 Å². The third-order valence-electron chi connectivity index (χ3n) is 4.47. The van der Waals surface area contributed by atoms with Gasteiger partial charge < -0.3 is 10.2 Å². The smallest absolute Gasteiger partial charge is 0.323 e. The first-order valence-electron chi connectivity index (χ1n) is 7.57. The molecule has 0 unspecified atom stereocenters. The van der Waals surface area contributed by atoms with E-state index >= 15 is 0 Å². The largest absolute Gasteiger partial charge is 0.324 e. The molecule has 0 aliphatic carbocycles. The number of para-hydroxylation sites is 1. The van der Waals surface area contributed by atoms with Gasteiger partial charge in [0, 0.05) is 20.1 Å².